The Bertz CT molecular complexity index is 364. The summed E-state index contributed by atoms with van der Waals surface area (Å²) >= 11 is 3.51. The van der Waals surface area contributed by atoms with Crippen molar-refractivity contribution < 1.29 is 14.6 Å². The van der Waals surface area contributed by atoms with Gasteiger partial charge in [-0.15, -0.1) is 0 Å². The highest BCUT2D eigenvalue weighted by Gasteiger charge is 2.15. The molecule has 1 aromatic rings. The molecular formula is C13H19BrO3. The van der Waals surface area contributed by atoms with Crippen LogP contribution in [0.2, 0.25) is 0 Å². The van der Waals surface area contributed by atoms with E-state index in [0.29, 0.717) is 6.42 Å². The van der Waals surface area contributed by atoms with Crippen molar-refractivity contribution >= 4 is 15.9 Å². The topological polar surface area (TPSA) is 38.7 Å². The first-order chi connectivity index (χ1) is 8.10. The monoisotopic (exact) mass is 302 g/mol. The predicted molar refractivity (Wildman–Crippen MR) is 71.9 cm³/mol. The second-order valence-electron chi connectivity index (χ2n) is 4.05. The van der Waals surface area contributed by atoms with Gasteiger partial charge >= 0.3 is 0 Å². The minimum atomic E-state index is 0.0890. The normalized spacial score (nSPS) is 10.7. The van der Waals surface area contributed by atoms with Gasteiger partial charge in [0.1, 0.15) is 0 Å². The number of aliphatic hydroxyl groups is 1. The average molecular weight is 303 g/mol. The van der Waals surface area contributed by atoms with E-state index in [2.05, 4.69) is 15.9 Å². The lowest BCUT2D eigenvalue weighted by Crippen LogP contribution is -2.09. The molecule has 0 atom stereocenters. The van der Waals surface area contributed by atoms with Gasteiger partial charge < -0.3 is 14.6 Å². The third kappa shape index (κ3) is 3.89. The van der Waals surface area contributed by atoms with Gasteiger partial charge in [-0.25, -0.2) is 0 Å². The summed E-state index contributed by atoms with van der Waals surface area (Å²) in [6.45, 7) is 4.14. The van der Waals surface area contributed by atoms with E-state index < -0.39 is 0 Å². The van der Waals surface area contributed by atoms with E-state index >= 15 is 0 Å². The van der Waals surface area contributed by atoms with Gasteiger partial charge in [-0.05, 0) is 38.8 Å². The molecule has 0 aromatic heterocycles. The molecule has 0 aliphatic carbocycles. The molecule has 1 aromatic carbocycles. The van der Waals surface area contributed by atoms with Gasteiger partial charge in [0.25, 0.3) is 0 Å². The number of hydrogen-bond acceptors (Lipinski definition) is 3. The van der Waals surface area contributed by atoms with E-state index in [1.165, 1.54) is 0 Å². The summed E-state index contributed by atoms with van der Waals surface area (Å²) in [6, 6.07) is 3.82. The molecule has 17 heavy (non-hydrogen) atoms. The molecular weight excluding hydrogens is 284 g/mol. The Kier molecular flexibility index (Phi) is 5.78. The fourth-order valence-electron chi connectivity index (χ4n) is 1.60. The molecule has 0 fully saturated rings. The van der Waals surface area contributed by atoms with Crippen LogP contribution in [0.4, 0.5) is 0 Å². The highest BCUT2D eigenvalue weighted by molar-refractivity contribution is 9.10. The van der Waals surface area contributed by atoms with Crippen molar-refractivity contribution in [2.45, 2.75) is 32.8 Å². The minimum absolute atomic E-state index is 0.0890. The molecule has 0 heterocycles. The fraction of sp³-hybridized carbons (Fsp3) is 0.538. The third-order valence-electron chi connectivity index (χ3n) is 2.33. The summed E-state index contributed by atoms with van der Waals surface area (Å²) in [6.07, 6.45) is 1.56. The lowest BCUT2D eigenvalue weighted by molar-refractivity contribution is 0.226. The zero-order valence-corrected chi connectivity index (χ0v) is 12.1. The highest BCUT2D eigenvalue weighted by atomic mass is 79.9. The lowest BCUT2D eigenvalue weighted by Gasteiger charge is -2.18. The molecule has 1 N–H and O–H groups in total. The molecule has 0 saturated carbocycles. The van der Waals surface area contributed by atoms with Gasteiger partial charge in [-0.1, -0.05) is 15.9 Å². The first-order valence-electron chi connectivity index (χ1n) is 5.73. The van der Waals surface area contributed by atoms with E-state index in [1.54, 1.807) is 7.11 Å². The smallest absolute Gasteiger partial charge is 0.165 e. The molecule has 0 unspecified atom stereocenters. The number of halogens is 1. The maximum atomic E-state index is 8.93. The van der Waals surface area contributed by atoms with Gasteiger partial charge in [0.05, 0.1) is 13.2 Å². The van der Waals surface area contributed by atoms with E-state index in [-0.39, 0.29) is 12.7 Å². The van der Waals surface area contributed by atoms with E-state index in [0.717, 1.165) is 28.0 Å². The molecule has 0 amide bonds. The number of rotatable bonds is 6. The number of benzene rings is 1. The summed E-state index contributed by atoms with van der Waals surface area (Å²) in [5, 5.41) is 8.93. The van der Waals surface area contributed by atoms with Crippen LogP contribution < -0.4 is 9.47 Å². The van der Waals surface area contributed by atoms with Crippen LogP contribution in [-0.2, 0) is 6.42 Å². The SMILES string of the molecule is COc1ccc(Br)c(CCCO)c1OC(C)C. The van der Waals surface area contributed by atoms with Crippen LogP contribution in [0.1, 0.15) is 25.8 Å². The summed E-state index contributed by atoms with van der Waals surface area (Å²) in [5.74, 6) is 1.50. The van der Waals surface area contributed by atoms with Gasteiger partial charge in [-0.2, -0.15) is 0 Å². The number of ether oxygens (including phenoxy) is 2. The molecule has 0 radical (unpaired) electrons. The van der Waals surface area contributed by atoms with Crippen molar-refractivity contribution in [2.24, 2.45) is 0 Å². The van der Waals surface area contributed by atoms with Crippen LogP contribution >= 0.6 is 15.9 Å². The molecule has 0 aliphatic heterocycles. The van der Waals surface area contributed by atoms with Crippen LogP contribution in [0, 0.1) is 0 Å². The Labute approximate surface area is 111 Å². The van der Waals surface area contributed by atoms with Crippen LogP contribution in [-0.4, -0.2) is 24.9 Å². The fourth-order valence-corrected chi connectivity index (χ4v) is 2.11. The van der Waals surface area contributed by atoms with Crippen LogP contribution in [0.15, 0.2) is 16.6 Å². The van der Waals surface area contributed by atoms with Crippen molar-refractivity contribution in [1.82, 2.24) is 0 Å². The lowest BCUT2D eigenvalue weighted by atomic mass is 10.1. The Hall–Kier alpha value is -0.740. The first-order valence-corrected chi connectivity index (χ1v) is 6.52. The zero-order valence-electron chi connectivity index (χ0n) is 10.5. The van der Waals surface area contributed by atoms with Crippen molar-refractivity contribution in [2.75, 3.05) is 13.7 Å². The highest BCUT2D eigenvalue weighted by Crippen LogP contribution is 2.37. The zero-order chi connectivity index (χ0) is 12.8. The largest absolute Gasteiger partial charge is 0.493 e. The summed E-state index contributed by atoms with van der Waals surface area (Å²) in [7, 11) is 1.63. The Morgan fingerprint density at radius 1 is 1.35 bits per heavy atom. The predicted octanol–water partition coefficient (Wildman–Crippen LogP) is 3.17. The average Bonchev–Trinajstić information content (AvgIpc) is 2.28. The third-order valence-corrected chi connectivity index (χ3v) is 3.07. The van der Waals surface area contributed by atoms with Gasteiger partial charge in [0.2, 0.25) is 0 Å². The maximum absolute atomic E-state index is 8.93. The Morgan fingerprint density at radius 3 is 2.59 bits per heavy atom. The molecule has 0 aliphatic rings. The van der Waals surface area contributed by atoms with Crippen LogP contribution in [0.5, 0.6) is 11.5 Å². The van der Waals surface area contributed by atoms with Crippen molar-refractivity contribution in [3.8, 4) is 11.5 Å². The molecule has 0 saturated heterocycles. The summed E-state index contributed by atoms with van der Waals surface area (Å²) in [5.41, 5.74) is 1.05. The van der Waals surface area contributed by atoms with Gasteiger partial charge in [0.15, 0.2) is 11.5 Å². The molecule has 4 heteroatoms. The standard InChI is InChI=1S/C13H19BrO3/c1-9(2)17-13-10(5-4-8-15)11(14)6-7-12(13)16-3/h6-7,9,15H,4-5,8H2,1-3H3. The van der Waals surface area contributed by atoms with E-state index in [4.69, 9.17) is 14.6 Å². The second-order valence-corrected chi connectivity index (χ2v) is 4.91. The number of hydrogen-bond donors (Lipinski definition) is 1. The minimum Gasteiger partial charge on any atom is -0.493 e. The second kappa shape index (κ2) is 6.87. The molecule has 3 nitrogen and oxygen atoms in total. The van der Waals surface area contributed by atoms with E-state index in [1.807, 2.05) is 26.0 Å². The Morgan fingerprint density at radius 2 is 2.06 bits per heavy atom. The maximum Gasteiger partial charge on any atom is 0.165 e. The Balaban J connectivity index is 3.11. The van der Waals surface area contributed by atoms with Crippen molar-refractivity contribution in [3.05, 3.63) is 22.2 Å². The van der Waals surface area contributed by atoms with Crippen molar-refractivity contribution in [1.29, 1.82) is 0 Å². The molecule has 0 spiro atoms. The van der Waals surface area contributed by atoms with Gasteiger partial charge in [-0.3, -0.25) is 0 Å². The molecule has 1 rings (SSSR count). The molecule has 96 valence electrons. The first kappa shape index (κ1) is 14.3. The summed E-state index contributed by atoms with van der Waals surface area (Å²) < 4.78 is 12.1. The number of methoxy groups -OCH3 is 1. The number of aliphatic hydroxyl groups excluding tert-OH is 1. The van der Waals surface area contributed by atoms with Gasteiger partial charge in [0, 0.05) is 16.6 Å². The summed E-state index contributed by atoms with van der Waals surface area (Å²) in [4.78, 5) is 0. The van der Waals surface area contributed by atoms with Crippen LogP contribution in [0.25, 0.3) is 0 Å². The van der Waals surface area contributed by atoms with Crippen molar-refractivity contribution in [3.63, 3.8) is 0 Å². The quantitative estimate of drug-likeness (QED) is 0.877. The molecule has 0 bridgehead atoms. The van der Waals surface area contributed by atoms with Crippen LogP contribution in [0.3, 0.4) is 0 Å². The van der Waals surface area contributed by atoms with E-state index in [9.17, 15) is 0 Å².